The molecule has 2 aliphatic heterocycles. The number of thiophene rings is 1. The first kappa shape index (κ1) is 19.7. The number of nitrogens with zero attached hydrogens (tertiary/aromatic N) is 2. The predicted octanol–water partition coefficient (Wildman–Crippen LogP) is 1.27. The highest BCUT2D eigenvalue weighted by Crippen LogP contribution is 2.28. The molecule has 2 saturated heterocycles. The number of hydrogen-bond donors (Lipinski definition) is 0. The van der Waals surface area contributed by atoms with Crippen LogP contribution in [0.5, 0.6) is 0 Å². The number of rotatable bonds is 4. The van der Waals surface area contributed by atoms with E-state index >= 15 is 0 Å². The number of methoxy groups -OCH3 is 1. The number of esters is 1. The Morgan fingerprint density at radius 2 is 1.96 bits per heavy atom. The molecule has 7 nitrogen and oxygen atoms in total. The number of ether oxygens (including phenoxy) is 1. The molecule has 0 aromatic carbocycles. The first-order valence-corrected chi connectivity index (χ1v) is 11.8. The fourth-order valence-electron chi connectivity index (χ4n) is 3.26. The van der Waals surface area contributed by atoms with Crippen molar-refractivity contribution in [2.24, 2.45) is 5.92 Å². The Morgan fingerprint density at radius 3 is 2.58 bits per heavy atom. The summed E-state index contributed by atoms with van der Waals surface area (Å²) in [5, 5.41) is 1.41. The minimum absolute atomic E-state index is 0.0207. The highest BCUT2D eigenvalue weighted by molar-refractivity contribution is 8.00. The van der Waals surface area contributed by atoms with Crippen molar-refractivity contribution in [1.29, 1.82) is 0 Å². The lowest BCUT2D eigenvalue weighted by atomic mass is 9.96. The van der Waals surface area contributed by atoms with E-state index in [0.717, 1.165) is 0 Å². The second-order valence-corrected chi connectivity index (χ2v) is 10.7. The van der Waals surface area contributed by atoms with Crippen molar-refractivity contribution in [2.45, 2.75) is 22.3 Å². The minimum Gasteiger partial charge on any atom is -0.468 e. The number of carbonyl (C=O) groups excluding carboxylic acids is 2. The molecular formula is C16H22N2O5S3. The molecule has 2 aliphatic rings. The lowest BCUT2D eigenvalue weighted by molar-refractivity contribution is -0.142. The van der Waals surface area contributed by atoms with Crippen molar-refractivity contribution in [2.75, 3.05) is 39.0 Å². The number of piperidine rings is 1. The number of carbonyl (C=O) groups is 2. The SMILES string of the molecule is COC(=O)[C@@H]1CN(C(=O)C2CCN(S(=O)(=O)c3cccs3)CC2)CCS1. The van der Waals surface area contributed by atoms with Crippen LogP contribution in [0.25, 0.3) is 0 Å². The smallest absolute Gasteiger partial charge is 0.320 e. The van der Waals surface area contributed by atoms with E-state index in [1.54, 1.807) is 22.4 Å². The molecule has 0 bridgehead atoms. The van der Waals surface area contributed by atoms with E-state index in [1.165, 1.54) is 34.5 Å². The van der Waals surface area contributed by atoms with Gasteiger partial charge in [0.05, 0.1) is 7.11 Å². The maximum atomic E-state index is 12.8. The third-order valence-corrected chi connectivity index (χ3v) is 9.17. The van der Waals surface area contributed by atoms with E-state index in [9.17, 15) is 18.0 Å². The van der Waals surface area contributed by atoms with E-state index in [-0.39, 0.29) is 23.0 Å². The van der Waals surface area contributed by atoms with Crippen LogP contribution in [-0.2, 0) is 24.3 Å². The third kappa shape index (κ3) is 4.08. The molecule has 1 aromatic rings. The average Bonchev–Trinajstić information content (AvgIpc) is 3.22. The van der Waals surface area contributed by atoms with Crippen molar-refractivity contribution < 1.29 is 22.7 Å². The molecule has 144 valence electrons. The molecule has 0 saturated carbocycles. The van der Waals surface area contributed by atoms with Gasteiger partial charge in [0.2, 0.25) is 5.91 Å². The largest absolute Gasteiger partial charge is 0.468 e. The first-order valence-electron chi connectivity index (χ1n) is 8.45. The lowest BCUT2D eigenvalue weighted by Gasteiger charge is -2.36. The van der Waals surface area contributed by atoms with Crippen LogP contribution in [0.4, 0.5) is 0 Å². The van der Waals surface area contributed by atoms with Crippen LogP contribution < -0.4 is 0 Å². The van der Waals surface area contributed by atoms with Gasteiger partial charge in [0.25, 0.3) is 10.0 Å². The van der Waals surface area contributed by atoms with Crippen LogP contribution in [-0.4, -0.2) is 73.8 Å². The maximum absolute atomic E-state index is 12.8. The Balaban J connectivity index is 1.58. The maximum Gasteiger partial charge on any atom is 0.320 e. The van der Waals surface area contributed by atoms with Crippen LogP contribution >= 0.6 is 23.1 Å². The van der Waals surface area contributed by atoms with Crippen LogP contribution in [0.1, 0.15) is 12.8 Å². The summed E-state index contributed by atoms with van der Waals surface area (Å²) in [6, 6.07) is 3.33. The van der Waals surface area contributed by atoms with Gasteiger partial charge in [-0.3, -0.25) is 9.59 Å². The molecule has 3 rings (SSSR count). The zero-order chi connectivity index (χ0) is 18.7. The fourth-order valence-corrected chi connectivity index (χ4v) is 7.00. The summed E-state index contributed by atoms with van der Waals surface area (Å²) in [6.07, 6.45) is 1.02. The second kappa shape index (κ2) is 8.28. The van der Waals surface area contributed by atoms with E-state index in [4.69, 9.17) is 4.74 Å². The summed E-state index contributed by atoms with van der Waals surface area (Å²) in [4.78, 5) is 26.2. The number of amides is 1. The molecular weight excluding hydrogens is 396 g/mol. The molecule has 26 heavy (non-hydrogen) atoms. The lowest BCUT2D eigenvalue weighted by Crippen LogP contribution is -2.49. The van der Waals surface area contributed by atoms with Gasteiger partial charge in [0.15, 0.2) is 0 Å². The second-order valence-electron chi connectivity index (χ2n) is 6.28. The molecule has 0 radical (unpaired) electrons. The zero-order valence-corrected chi connectivity index (χ0v) is 16.9. The van der Waals surface area contributed by atoms with E-state index in [0.29, 0.717) is 49.0 Å². The van der Waals surface area contributed by atoms with E-state index in [2.05, 4.69) is 0 Å². The molecule has 10 heteroatoms. The molecule has 1 aromatic heterocycles. The van der Waals surface area contributed by atoms with Crippen LogP contribution in [0.3, 0.4) is 0 Å². The first-order chi connectivity index (χ1) is 12.4. The van der Waals surface area contributed by atoms with Gasteiger partial charge < -0.3 is 9.64 Å². The van der Waals surface area contributed by atoms with Crippen molar-refractivity contribution in [3.05, 3.63) is 17.5 Å². The summed E-state index contributed by atoms with van der Waals surface area (Å²) < 4.78 is 31.7. The fraction of sp³-hybridized carbons (Fsp3) is 0.625. The Labute approximate surface area is 161 Å². The van der Waals surface area contributed by atoms with E-state index in [1.807, 2.05) is 0 Å². The molecule has 1 amide bonds. The molecule has 0 spiro atoms. The zero-order valence-electron chi connectivity index (χ0n) is 14.5. The quantitative estimate of drug-likeness (QED) is 0.685. The molecule has 1 atom stereocenters. The number of hydrogen-bond acceptors (Lipinski definition) is 7. The van der Waals surface area contributed by atoms with Crippen LogP contribution in [0, 0.1) is 5.92 Å². The molecule has 0 unspecified atom stereocenters. The van der Waals surface area contributed by atoms with Gasteiger partial charge in [-0.2, -0.15) is 4.31 Å². The van der Waals surface area contributed by atoms with Gasteiger partial charge in [-0.1, -0.05) is 6.07 Å². The Morgan fingerprint density at radius 1 is 1.23 bits per heavy atom. The van der Waals surface area contributed by atoms with Gasteiger partial charge in [0, 0.05) is 37.8 Å². The molecule has 0 N–H and O–H groups in total. The monoisotopic (exact) mass is 418 g/mol. The van der Waals surface area contributed by atoms with Crippen LogP contribution in [0.15, 0.2) is 21.7 Å². The summed E-state index contributed by atoms with van der Waals surface area (Å²) in [5.74, 6) is 0.236. The number of sulfonamides is 1. The van der Waals surface area contributed by atoms with Crippen molar-refractivity contribution >= 4 is 45.0 Å². The Kier molecular flexibility index (Phi) is 6.26. The van der Waals surface area contributed by atoms with E-state index < -0.39 is 10.0 Å². The summed E-state index contributed by atoms with van der Waals surface area (Å²) in [5.41, 5.74) is 0. The van der Waals surface area contributed by atoms with Crippen molar-refractivity contribution in [3.63, 3.8) is 0 Å². The van der Waals surface area contributed by atoms with Crippen molar-refractivity contribution in [1.82, 2.24) is 9.21 Å². The van der Waals surface area contributed by atoms with Gasteiger partial charge in [-0.05, 0) is 24.3 Å². The third-order valence-electron chi connectivity index (χ3n) is 4.73. The average molecular weight is 419 g/mol. The molecule has 2 fully saturated rings. The topological polar surface area (TPSA) is 84.0 Å². The standard InChI is InChI=1S/C16H22N2O5S3/c1-23-16(20)13-11-17(8-10-24-13)15(19)12-4-6-18(7-5-12)26(21,22)14-3-2-9-25-14/h2-3,9,12-13H,4-8,10-11H2,1H3/t13-/m0/s1. The Bertz CT molecular complexity index is 742. The van der Waals surface area contributed by atoms with Crippen molar-refractivity contribution in [3.8, 4) is 0 Å². The minimum atomic E-state index is -3.45. The summed E-state index contributed by atoms with van der Waals surface area (Å²) in [6.45, 7) is 1.67. The molecule has 3 heterocycles. The summed E-state index contributed by atoms with van der Waals surface area (Å²) in [7, 11) is -2.10. The van der Waals surface area contributed by atoms with Crippen LogP contribution in [0.2, 0.25) is 0 Å². The van der Waals surface area contributed by atoms with Gasteiger partial charge in [0.1, 0.15) is 9.46 Å². The predicted molar refractivity (Wildman–Crippen MR) is 101 cm³/mol. The van der Waals surface area contributed by atoms with Gasteiger partial charge >= 0.3 is 5.97 Å². The summed E-state index contributed by atoms with van der Waals surface area (Å²) >= 11 is 2.72. The van der Waals surface area contributed by atoms with Gasteiger partial charge in [-0.15, -0.1) is 23.1 Å². The normalized spacial score (nSPS) is 23.0. The van der Waals surface area contributed by atoms with Gasteiger partial charge in [-0.25, -0.2) is 8.42 Å². The highest BCUT2D eigenvalue weighted by atomic mass is 32.2. The Hall–Kier alpha value is -1.10. The number of thioether (sulfide) groups is 1. The highest BCUT2D eigenvalue weighted by Gasteiger charge is 2.36. The molecule has 0 aliphatic carbocycles.